The third kappa shape index (κ3) is 5.89. The lowest BCUT2D eigenvalue weighted by molar-refractivity contribution is 0.122. The Bertz CT molecular complexity index is 743. The van der Waals surface area contributed by atoms with E-state index in [2.05, 4.69) is 13.5 Å². The third-order valence-corrected chi connectivity index (χ3v) is 16.5. The number of hydrogen-bond acceptors (Lipinski definition) is 6. The van der Waals surface area contributed by atoms with Crippen molar-refractivity contribution >= 4 is 36.5 Å². The summed E-state index contributed by atoms with van der Waals surface area (Å²) in [6, 6.07) is 21.0. The van der Waals surface area contributed by atoms with Gasteiger partial charge in [-0.2, -0.15) is 0 Å². The fourth-order valence-electron chi connectivity index (χ4n) is 3.46. The predicted octanol–water partition coefficient (Wildman–Crippen LogP) is 3.34. The zero-order valence-electron chi connectivity index (χ0n) is 19.1. The molecule has 9 heteroatoms. The van der Waals surface area contributed by atoms with Crippen LogP contribution in [0.2, 0.25) is 12.1 Å². The fourth-order valence-corrected chi connectivity index (χ4v) is 15.1. The molecule has 0 N–H and O–H groups in total. The van der Waals surface area contributed by atoms with E-state index in [0.717, 1.165) is 16.8 Å². The van der Waals surface area contributed by atoms with E-state index in [1.54, 1.807) is 34.5 Å². The minimum atomic E-state index is -3.40. The van der Waals surface area contributed by atoms with Crippen LogP contribution in [0, 0.1) is 0 Å². The Labute approximate surface area is 189 Å². The molecule has 2 aromatic carbocycles. The Balaban J connectivity index is 2.80. The van der Waals surface area contributed by atoms with Crippen molar-refractivity contribution in [3.63, 3.8) is 0 Å². The first kappa shape index (κ1) is 25.8. The lowest BCUT2D eigenvalue weighted by Crippen LogP contribution is -2.73. The predicted molar refractivity (Wildman–Crippen MR) is 130 cm³/mol. The molecule has 2 rings (SSSR count). The number of hydrogen-bond donors (Lipinski definition) is 0. The summed E-state index contributed by atoms with van der Waals surface area (Å²) in [5.74, 6) is 0. The van der Waals surface area contributed by atoms with Gasteiger partial charge in [0, 0.05) is 40.5 Å². The lowest BCUT2D eigenvalue weighted by atomic mass is 10.4. The molecule has 0 aliphatic carbocycles. The van der Waals surface area contributed by atoms with Gasteiger partial charge in [0.1, 0.15) is 0 Å². The van der Waals surface area contributed by atoms with Crippen LogP contribution in [-0.4, -0.2) is 54.6 Å². The van der Waals surface area contributed by atoms with Gasteiger partial charge in [0.15, 0.2) is 0 Å². The Morgan fingerprint density at radius 1 is 0.710 bits per heavy atom. The second-order valence-electron chi connectivity index (χ2n) is 6.98. The standard InChI is InChI=1S/C22H34O6Si3/c1-7-19-29(23-3,24-4)27-31(21-15-11-9-12-16-21,22-17-13-10-14-18-22)28-30(25-5,26-6)20-8-2/h7,9-18H,1,8,19-20H2,2-6H3. The van der Waals surface area contributed by atoms with Gasteiger partial charge in [0.2, 0.25) is 0 Å². The monoisotopic (exact) mass is 478 g/mol. The van der Waals surface area contributed by atoms with Crippen molar-refractivity contribution in [3.8, 4) is 0 Å². The summed E-state index contributed by atoms with van der Waals surface area (Å²) in [4.78, 5) is 0. The highest BCUT2D eigenvalue weighted by molar-refractivity contribution is 7.00. The molecule has 0 radical (unpaired) electrons. The van der Waals surface area contributed by atoms with Crippen molar-refractivity contribution in [2.24, 2.45) is 0 Å². The second kappa shape index (κ2) is 12.0. The van der Waals surface area contributed by atoms with Crippen molar-refractivity contribution in [1.29, 1.82) is 0 Å². The van der Waals surface area contributed by atoms with Crippen LogP contribution in [0.3, 0.4) is 0 Å². The summed E-state index contributed by atoms with van der Waals surface area (Å²) in [5, 5.41) is 1.86. The summed E-state index contributed by atoms with van der Waals surface area (Å²) < 4.78 is 37.6. The smallest absolute Gasteiger partial charge is 0.387 e. The SMILES string of the molecule is C=CC[Si](OC)(OC)O[Si](O[Si](CCC)(OC)OC)(c1ccccc1)c1ccccc1. The summed E-state index contributed by atoms with van der Waals surface area (Å²) in [6.45, 7) is 5.96. The van der Waals surface area contributed by atoms with E-state index in [-0.39, 0.29) is 0 Å². The average molecular weight is 479 g/mol. The molecule has 0 amide bonds. The molecule has 0 aromatic heterocycles. The highest BCUT2D eigenvalue weighted by Gasteiger charge is 2.58. The average Bonchev–Trinajstić information content (AvgIpc) is 2.84. The molecule has 0 bridgehead atoms. The van der Waals surface area contributed by atoms with Gasteiger partial charge in [-0.25, -0.2) is 0 Å². The molecule has 0 spiro atoms. The van der Waals surface area contributed by atoms with E-state index in [1.807, 2.05) is 60.7 Å². The van der Waals surface area contributed by atoms with Gasteiger partial charge >= 0.3 is 26.2 Å². The van der Waals surface area contributed by atoms with E-state index < -0.39 is 26.2 Å². The van der Waals surface area contributed by atoms with Gasteiger partial charge in [-0.1, -0.05) is 80.1 Å². The number of allylic oxidation sites excluding steroid dienone is 1. The largest absolute Gasteiger partial charge is 0.495 e. The highest BCUT2D eigenvalue weighted by Crippen LogP contribution is 2.27. The molecule has 0 aliphatic rings. The van der Waals surface area contributed by atoms with Crippen molar-refractivity contribution in [3.05, 3.63) is 73.3 Å². The van der Waals surface area contributed by atoms with Crippen LogP contribution in [0.15, 0.2) is 73.3 Å². The van der Waals surface area contributed by atoms with Crippen molar-refractivity contribution in [1.82, 2.24) is 0 Å². The molecule has 0 heterocycles. The van der Waals surface area contributed by atoms with E-state index in [0.29, 0.717) is 12.1 Å². The zero-order valence-corrected chi connectivity index (χ0v) is 22.1. The van der Waals surface area contributed by atoms with Crippen LogP contribution in [0.1, 0.15) is 13.3 Å². The fraction of sp³-hybridized carbons (Fsp3) is 0.364. The Hall–Kier alpha value is -1.41. The number of rotatable bonds is 14. The van der Waals surface area contributed by atoms with Crippen molar-refractivity contribution < 1.29 is 25.9 Å². The maximum Gasteiger partial charge on any atom is 0.495 e. The van der Waals surface area contributed by atoms with Crippen LogP contribution < -0.4 is 10.4 Å². The van der Waals surface area contributed by atoms with E-state index in [4.69, 9.17) is 25.9 Å². The summed E-state index contributed by atoms with van der Waals surface area (Å²) >= 11 is 0. The maximum absolute atomic E-state index is 6.99. The van der Waals surface area contributed by atoms with Crippen LogP contribution in [0.4, 0.5) is 0 Å². The molecular formula is C22H34O6Si3. The lowest BCUT2D eigenvalue weighted by Gasteiger charge is -2.42. The highest BCUT2D eigenvalue weighted by atomic mass is 28.5. The second-order valence-corrected chi connectivity index (χ2v) is 16.3. The number of benzene rings is 2. The minimum absolute atomic E-state index is 0.445. The summed E-state index contributed by atoms with van der Waals surface area (Å²) in [6.07, 6.45) is 2.61. The molecule has 0 saturated heterocycles. The summed E-state index contributed by atoms with van der Waals surface area (Å²) in [7, 11) is -3.14. The molecule has 31 heavy (non-hydrogen) atoms. The van der Waals surface area contributed by atoms with Crippen molar-refractivity contribution in [2.45, 2.75) is 25.4 Å². The topological polar surface area (TPSA) is 55.4 Å². The first-order valence-electron chi connectivity index (χ1n) is 10.3. The van der Waals surface area contributed by atoms with Gasteiger partial charge < -0.3 is 25.9 Å². The Morgan fingerprint density at radius 2 is 1.13 bits per heavy atom. The first-order valence-corrected chi connectivity index (χ1v) is 16.0. The Morgan fingerprint density at radius 3 is 1.48 bits per heavy atom. The zero-order chi connectivity index (χ0) is 22.8. The molecule has 170 valence electrons. The molecule has 0 aliphatic heterocycles. The third-order valence-electron chi connectivity index (χ3n) is 5.10. The van der Waals surface area contributed by atoms with Crippen molar-refractivity contribution in [2.75, 3.05) is 28.4 Å². The van der Waals surface area contributed by atoms with Gasteiger partial charge in [0.25, 0.3) is 0 Å². The molecule has 0 atom stereocenters. The van der Waals surface area contributed by atoms with Crippen LogP contribution in [0.5, 0.6) is 0 Å². The molecule has 0 fully saturated rings. The maximum atomic E-state index is 6.99. The molecule has 6 nitrogen and oxygen atoms in total. The van der Waals surface area contributed by atoms with Gasteiger partial charge in [-0.15, -0.1) is 6.58 Å². The van der Waals surface area contributed by atoms with Gasteiger partial charge in [-0.05, 0) is 10.4 Å². The van der Waals surface area contributed by atoms with Crippen LogP contribution >= 0.6 is 0 Å². The first-order chi connectivity index (χ1) is 15.0. The molecule has 0 unspecified atom stereocenters. The molecular weight excluding hydrogens is 444 g/mol. The van der Waals surface area contributed by atoms with Gasteiger partial charge in [0.05, 0.1) is 0 Å². The quantitative estimate of drug-likeness (QED) is 0.307. The summed E-state index contributed by atoms with van der Waals surface area (Å²) in [5.41, 5.74) is 0. The normalized spacial score (nSPS) is 12.7. The van der Waals surface area contributed by atoms with E-state index in [9.17, 15) is 0 Å². The van der Waals surface area contributed by atoms with E-state index >= 15 is 0 Å². The minimum Gasteiger partial charge on any atom is -0.387 e. The van der Waals surface area contributed by atoms with Gasteiger partial charge in [-0.3, -0.25) is 0 Å². The van der Waals surface area contributed by atoms with Crippen LogP contribution in [-0.2, 0) is 25.9 Å². The molecule has 0 saturated carbocycles. The van der Waals surface area contributed by atoms with E-state index in [1.165, 1.54) is 0 Å². The van der Waals surface area contributed by atoms with Crippen LogP contribution in [0.25, 0.3) is 0 Å². The Kier molecular flexibility index (Phi) is 10.0. The molecule has 2 aromatic rings.